The fourth-order valence-corrected chi connectivity index (χ4v) is 1.55. The second-order valence-corrected chi connectivity index (χ2v) is 3.51. The van der Waals surface area contributed by atoms with Crippen molar-refractivity contribution in [3.05, 3.63) is 40.9 Å². The van der Waals surface area contributed by atoms with Crippen LogP contribution in [0.2, 0.25) is 5.02 Å². The molecule has 1 nitrogen and oxygen atoms in total. The van der Waals surface area contributed by atoms with Crippen LogP contribution in [-0.4, -0.2) is 13.2 Å². The SMILES string of the molecule is Clc1ccc(C2=CCCOC2)cc1. The van der Waals surface area contributed by atoms with Crippen molar-refractivity contribution in [3.8, 4) is 0 Å². The van der Waals surface area contributed by atoms with Crippen molar-refractivity contribution in [2.24, 2.45) is 0 Å². The molecule has 1 aliphatic heterocycles. The summed E-state index contributed by atoms with van der Waals surface area (Å²) >= 11 is 5.80. The van der Waals surface area contributed by atoms with Crippen LogP contribution in [0.15, 0.2) is 30.3 Å². The van der Waals surface area contributed by atoms with Gasteiger partial charge in [0.15, 0.2) is 0 Å². The molecule has 0 amide bonds. The fraction of sp³-hybridized carbons (Fsp3) is 0.273. The van der Waals surface area contributed by atoms with Gasteiger partial charge in [0, 0.05) is 5.02 Å². The minimum Gasteiger partial charge on any atom is -0.376 e. The molecule has 0 saturated heterocycles. The maximum absolute atomic E-state index is 5.80. The van der Waals surface area contributed by atoms with E-state index in [0.717, 1.165) is 24.7 Å². The molecular weight excluding hydrogens is 184 g/mol. The Hall–Kier alpha value is -0.790. The summed E-state index contributed by atoms with van der Waals surface area (Å²) in [7, 11) is 0. The molecule has 13 heavy (non-hydrogen) atoms. The molecule has 0 aliphatic carbocycles. The summed E-state index contributed by atoms with van der Waals surface area (Å²) in [5.74, 6) is 0. The Bertz CT molecular complexity index is 313. The first kappa shape index (κ1) is 8.79. The van der Waals surface area contributed by atoms with Gasteiger partial charge in [0.05, 0.1) is 13.2 Å². The van der Waals surface area contributed by atoms with E-state index in [1.54, 1.807) is 0 Å². The average Bonchev–Trinajstić information content (AvgIpc) is 2.20. The summed E-state index contributed by atoms with van der Waals surface area (Å²) < 4.78 is 5.37. The zero-order chi connectivity index (χ0) is 9.10. The number of ether oxygens (including phenoxy) is 1. The van der Waals surface area contributed by atoms with E-state index in [9.17, 15) is 0 Å². The van der Waals surface area contributed by atoms with Crippen LogP contribution < -0.4 is 0 Å². The van der Waals surface area contributed by atoms with Gasteiger partial charge in [-0.15, -0.1) is 0 Å². The highest BCUT2D eigenvalue weighted by atomic mass is 35.5. The summed E-state index contributed by atoms with van der Waals surface area (Å²) in [4.78, 5) is 0. The number of halogens is 1. The van der Waals surface area contributed by atoms with Crippen LogP contribution >= 0.6 is 11.6 Å². The van der Waals surface area contributed by atoms with Gasteiger partial charge in [-0.1, -0.05) is 29.8 Å². The van der Waals surface area contributed by atoms with Gasteiger partial charge in [0.2, 0.25) is 0 Å². The molecule has 0 bridgehead atoms. The van der Waals surface area contributed by atoms with Crippen molar-refractivity contribution in [2.45, 2.75) is 6.42 Å². The van der Waals surface area contributed by atoms with Gasteiger partial charge in [-0.2, -0.15) is 0 Å². The number of benzene rings is 1. The summed E-state index contributed by atoms with van der Waals surface area (Å²) in [6, 6.07) is 7.88. The first-order valence-corrected chi connectivity index (χ1v) is 4.77. The quantitative estimate of drug-likeness (QED) is 0.668. The van der Waals surface area contributed by atoms with E-state index in [4.69, 9.17) is 16.3 Å². The molecule has 2 rings (SSSR count). The average molecular weight is 195 g/mol. The Morgan fingerprint density at radius 2 is 1.92 bits per heavy atom. The summed E-state index contributed by atoms with van der Waals surface area (Å²) in [6.07, 6.45) is 3.24. The van der Waals surface area contributed by atoms with Crippen LogP contribution in [-0.2, 0) is 4.74 Å². The summed E-state index contributed by atoms with van der Waals surface area (Å²) in [5, 5.41) is 0.779. The third-order valence-electron chi connectivity index (χ3n) is 2.13. The number of hydrogen-bond acceptors (Lipinski definition) is 1. The van der Waals surface area contributed by atoms with E-state index in [1.165, 1.54) is 11.1 Å². The van der Waals surface area contributed by atoms with Crippen molar-refractivity contribution in [2.75, 3.05) is 13.2 Å². The zero-order valence-electron chi connectivity index (χ0n) is 7.29. The molecule has 0 N–H and O–H groups in total. The standard InChI is InChI=1S/C11H11ClO/c12-11-5-3-9(4-6-11)10-2-1-7-13-8-10/h2-6H,1,7-8H2. The van der Waals surface area contributed by atoms with E-state index < -0.39 is 0 Å². The van der Waals surface area contributed by atoms with Gasteiger partial charge in [-0.3, -0.25) is 0 Å². The van der Waals surface area contributed by atoms with E-state index in [0.29, 0.717) is 0 Å². The molecule has 1 aromatic rings. The van der Waals surface area contributed by atoms with Crippen molar-refractivity contribution in [3.63, 3.8) is 0 Å². The Morgan fingerprint density at radius 1 is 1.15 bits per heavy atom. The van der Waals surface area contributed by atoms with E-state index in [-0.39, 0.29) is 0 Å². The highest BCUT2D eigenvalue weighted by Gasteiger charge is 2.05. The van der Waals surface area contributed by atoms with Gasteiger partial charge in [-0.25, -0.2) is 0 Å². The molecule has 0 unspecified atom stereocenters. The van der Waals surface area contributed by atoms with E-state index in [2.05, 4.69) is 6.08 Å². The Kier molecular flexibility index (Phi) is 2.67. The van der Waals surface area contributed by atoms with Gasteiger partial charge < -0.3 is 4.74 Å². The fourth-order valence-electron chi connectivity index (χ4n) is 1.42. The molecule has 1 aromatic carbocycles. The maximum Gasteiger partial charge on any atom is 0.0719 e. The second-order valence-electron chi connectivity index (χ2n) is 3.08. The zero-order valence-corrected chi connectivity index (χ0v) is 8.05. The highest BCUT2D eigenvalue weighted by Crippen LogP contribution is 2.20. The van der Waals surface area contributed by atoms with Crippen molar-refractivity contribution < 1.29 is 4.74 Å². The molecule has 1 heterocycles. The smallest absolute Gasteiger partial charge is 0.0719 e. The topological polar surface area (TPSA) is 9.23 Å². The van der Waals surface area contributed by atoms with Crippen LogP contribution in [0, 0.1) is 0 Å². The minimum atomic E-state index is 0.724. The van der Waals surface area contributed by atoms with Crippen LogP contribution in [0.25, 0.3) is 5.57 Å². The molecule has 0 spiro atoms. The molecule has 68 valence electrons. The van der Waals surface area contributed by atoms with Crippen molar-refractivity contribution >= 4 is 17.2 Å². The molecular formula is C11H11ClO. The van der Waals surface area contributed by atoms with Crippen LogP contribution in [0.5, 0.6) is 0 Å². The Balaban J connectivity index is 2.24. The minimum absolute atomic E-state index is 0.724. The predicted molar refractivity (Wildman–Crippen MR) is 54.9 cm³/mol. The van der Waals surface area contributed by atoms with Crippen LogP contribution in [0.4, 0.5) is 0 Å². The molecule has 0 aromatic heterocycles. The molecule has 0 atom stereocenters. The molecule has 2 heteroatoms. The van der Waals surface area contributed by atoms with Gasteiger partial charge in [0.25, 0.3) is 0 Å². The van der Waals surface area contributed by atoms with Crippen molar-refractivity contribution in [1.29, 1.82) is 0 Å². The first-order valence-electron chi connectivity index (χ1n) is 4.39. The molecule has 1 aliphatic rings. The van der Waals surface area contributed by atoms with Crippen LogP contribution in [0.1, 0.15) is 12.0 Å². The summed E-state index contributed by atoms with van der Waals surface area (Å²) in [5.41, 5.74) is 2.48. The lowest BCUT2D eigenvalue weighted by molar-refractivity contribution is 0.164. The normalized spacial score (nSPS) is 16.8. The van der Waals surface area contributed by atoms with E-state index >= 15 is 0 Å². The van der Waals surface area contributed by atoms with Gasteiger partial charge in [-0.05, 0) is 29.7 Å². The maximum atomic E-state index is 5.80. The Labute approximate surface area is 83.0 Å². The van der Waals surface area contributed by atoms with Gasteiger partial charge >= 0.3 is 0 Å². The monoisotopic (exact) mass is 194 g/mol. The van der Waals surface area contributed by atoms with Crippen LogP contribution in [0.3, 0.4) is 0 Å². The second kappa shape index (κ2) is 3.95. The Morgan fingerprint density at radius 3 is 2.54 bits per heavy atom. The highest BCUT2D eigenvalue weighted by molar-refractivity contribution is 6.30. The molecule has 0 fully saturated rings. The number of hydrogen-bond donors (Lipinski definition) is 0. The van der Waals surface area contributed by atoms with E-state index in [1.807, 2.05) is 24.3 Å². The predicted octanol–water partition coefficient (Wildman–Crippen LogP) is 3.14. The third-order valence-corrected chi connectivity index (χ3v) is 2.38. The lowest BCUT2D eigenvalue weighted by Crippen LogP contribution is -2.04. The summed E-state index contributed by atoms with van der Waals surface area (Å²) in [6.45, 7) is 1.57. The van der Waals surface area contributed by atoms with Gasteiger partial charge in [0.1, 0.15) is 0 Å². The number of rotatable bonds is 1. The van der Waals surface area contributed by atoms with Crippen molar-refractivity contribution in [1.82, 2.24) is 0 Å². The molecule has 0 saturated carbocycles. The molecule has 0 radical (unpaired) electrons. The lowest BCUT2D eigenvalue weighted by atomic mass is 10.0. The lowest BCUT2D eigenvalue weighted by Gasteiger charge is -2.13. The largest absolute Gasteiger partial charge is 0.376 e. The first-order chi connectivity index (χ1) is 6.36. The third kappa shape index (κ3) is 2.11.